The van der Waals surface area contributed by atoms with E-state index in [9.17, 15) is 4.79 Å². The van der Waals surface area contributed by atoms with E-state index in [1.165, 1.54) is 4.88 Å². The molecule has 0 radical (unpaired) electrons. The van der Waals surface area contributed by atoms with Gasteiger partial charge in [-0.1, -0.05) is 19.1 Å². The zero-order valence-electron chi connectivity index (χ0n) is 9.25. The molecule has 2 nitrogen and oxygen atoms in total. The molecule has 1 N–H and O–H groups in total. The van der Waals surface area contributed by atoms with Gasteiger partial charge in [-0.15, -0.1) is 11.3 Å². The molecule has 1 rings (SSSR count). The van der Waals surface area contributed by atoms with Crippen molar-refractivity contribution < 1.29 is 4.79 Å². The number of amides is 1. The normalized spacial score (nSPS) is 11.5. The van der Waals surface area contributed by atoms with Crippen molar-refractivity contribution in [2.24, 2.45) is 0 Å². The van der Waals surface area contributed by atoms with Crippen LogP contribution in [0.25, 0.3) is 0 Å². The molecule has 0 atom stereocenters. The molecule has 0 aliphatic carbocycles. The maximum absolute atomic E-state index is 11.5. The van der Waals surface area contributed by atoms with Crippen molar-refractivity contribution >= 4 is 17.2 Å². The first-order valence-electron chi connectivity index (χ1n) is 5.21. The van der Waals surface area contributed by atoms with Crippen LogP contribution in [0.15, 0.2) is 29.2 Å². The monoisotopic (exact) mass is 223 g/mol. The molecule has 1 heterocycles. The summed E-state index contributed by atoms with van der Waals surface area (Å²) in [7, 11) is 0. The quantitative estimate of drug-likeness (QED) is 0.764. The third kappa shape index (κ3) is 4.30. The van der Waals surface area contributed by atoms with Gasteiger partial charge in [-0.3, -0.25) is 4.79 Å². The Morgan fingerprint density at radius 3 is 3.00 bits per heavy atom. The van der Waals surface area contributed by atoms with Crippen LogP contribution in [-0.2, 0) is 11.2 Å². The van der Waals surface area contributed by atoms with Gasteiger partial charge in [0.25, 0.3) is 0 Å². The summed E-state index contributed by atoms with van der Waals surface area (Å²) in [6.07, 6.45) is 3.77. The summed E-state index contributed by atoms with van der Waals surface area (Å²) < 4.78 is 0. The third-order valence-electron chi connectivity index (χ3n) is 2.11. The fourth-order valence-corrected chi connectivity index (χ4v) is 2.00. The van der Waals surface area contributed by atoms with Gasteiger partial charge in [0.15, 0.2) is 0 Å². The Balaban J connectivity index is 2.26. The molecule has 3 heteroatoms. The molecule has 82 valence electrons. The Morgan fingerprint density at radius 2 is 2.40 bits per heavy atom. The molecule has 1 aromatic rings. The minimum Gasteiger partial charge on any atom is -0.352 e. The van der Waals surface area contributed by atoms with E-state index in [1.807, 2.05) is 26.0 Å². The van der Waals surface area contributed by atoms with E-state index in [0.717, 1.165) is 18.4 Å². The fourth-order valence-electron chi connectivity index (χ4n) is 1.29. The maximum Gasteiger partial charge on any atom is 0.246 e. The van der Waals surface area contributed by atoms with Gasteiger partial charge >= 0.3 is 0 Å². The van der Waals surface area contributed by atoms with E-state index < -0.39 is 0 Å². The lowest BCUT2D eigenvalue weighted by molar-refractivity contribution is -0.117. The summed E-state index contributed by atoms with van der Waals surface area (Å²) in [4.78, 5) is 12.8. The van der Waals surface area contributed by atoms with Gasteiger partial charge in [0, 0.05) is 17.0 Å². The molecule has 0 fully saturated rings. The van der Waals surface area contributed by atoms with Crippen LogP contribution in [0.4, 0.5) is 0 Å². The van der Waals surface area contributed by atoms with Gasteiger partial charge in [-0.25, -0.2) is 0 Å². The Kier molecular flexibility index (Phi) is 5.12. The molecule has 0 aliphatic rings. The summed E-state index contributed by atoms with van der Waals surface area (Å²) in [6, 6.07) is 4.12. The summed E-state index contributed by atoms with van der Waals surface area (Å²) in [5, 5.41) is 4.96. The number of hydrogen-bond acceptors (Lipinski definition) is 2. The maximum atomic E-state index is 11.5. The number of thiophene rings is 1. The lowest BCUT2D eigenvalue weighted by Crippen LogP contribution is -2.26. The van der Waals surface area contributed by atoms with Crippen LogP contribution >= 0.6 is 11.3 Å². The number of rotatable bonds is 5. The molecular formula is C12H17NOS. The summed E-state index contributed by atoms with van der Waals surface area (Å²) >= 11 is 1.73. The second-order valence-electron chi connectivity index (χ2n) is 3.38. The van der Waals surface area contributed by atoms with Gasteiger partial charge in [0.1, 0.15) is 0 Å². The van der Waals surface area contributed by atoms with Crippen LogP contribution in [0, 0.1) is 0 Å². The van der Waals surface area contributed by atoms with Gasteiger partial charge < -0.3 is 5.32 Å². The van der Waals surface area contributed by atoms with E-state index in [1.54, 1.807) is 11.3 Å². The molecule has 0 aliphatic heterocycles. The Labute approximate surface area is 95.0 Å². The molecule has 0 aromatic carbocycles. The third-order valence-corrected chi connectivity index (χ3v) is 3.04. The van der Waals surface area contributed by atoms with Gasteiger partial charge in [0.2, 0.25) is 5.91 Å². The number of carbonyl (C=O) groups excluding carboxylic acids is 1. The highest BCUT2D eigenvalue weighted by Gasteiger charge is 2.02. The first-order chi connectivity index (χ1) is 7.24. The van der Waals surface area contributed by atoms with Gasteiger partial charge in [-0.2, -0.15) is 0 Å². The van der Waals surface area contributed by atoms with Crippen LogP contribution in [0.3, 0.4) is 0 Å². The van der Waals surface area contributed by atoms with Crippen LogP contribution in [-0.4, -0.2) is 12.5 Å². The predicted octanol–water partition coefficient (Wildman–Crippen LogP) is 2.76. The first kappa shape index (κ1) is 12.0. The second kappa shape index (κ2) is 6.40. The fraction of sp³-hybridized carbons (Fsp3) is 0.417. The van der Waals surface area contributed by atoms with Crippen LogP contribution in [0.5, 0.6) is 0 Å². The lowest BCUT2D eigenvalue weighted by atomic mass is 10.2. The molecule has 0 unspecified atom stereocenters. The van der Waals surface area contributed by atoms with Crippen molar-refractivity contribution in [1.29, 1.82) is 0 Å². The van der Waals surface area contributed by atoms with Crippen molar-refractivity contribution in [3.05, 3.63) is 34.0 Å². The predicted molar refractivity (Wildman–Crippen MR) is 65.1 cm³/mol. The second-order valence-corrected chi connectivity index (χ2v) is 4.41. The highest BCUT2D eigenvalue weighted by molar-refractivity contribution is 7.09. The molecule has 0 saturated heterocycles. The molecule has 1 aromatic heterocycles. The Bertz CT molecular complexity index is 327. The largest absolute Gasteiger partial charge is 0.352 e. The van der Waals surface area contributed by atoms with Gasteiger partial charge in [0.05, 0.1) is 0 Å². The van der Waals surface area contributed by atoms with E-state index in [2.05, 4.69) is 16.8 Å². The zero-order valence-corrected chi connectivity index (χ0v) is 10.1. The molecule has 0 spiro atoms. The molecular weight excluding hydrogens is 206 g/mol. The number of allylic oxidation sites excluding steroid dienone is 1. The van der Waals surface area contributed by atoms with Crippen LogP contribution in [0.1, 0.15) is 25.1 Å². The van der Waals surface area contributed by atoms with Crippen molar-refractivity contribution in [3.63, 3.8) is 0 Å². The van der Waals surface area contributed by atoms with Crippen molar-refractivity contribution in [1.82, 2.24) is 5.32 Å². The number of hydrogen-bond donors (Lipinski definition) is 1. The van der Waals surface area contributed by atoms with E-state index in [-0.39, 0.29) is 5.91 Å². The number of carbonyl (C=O) groups is 1. The minimum absolute atomic E-state index is 0.0495. The van der Waals surface area contributed by atoms with Crippen LogP contribution < -0.4 is 5.32 Å². The van der Waals surface area contributed by atoms with Crippen molar-refractivity contribution in [2.45, 2.75) is 26.7 Å². The molecule has 0 saturated carbocycles. The number of nitrogens with one attached hydrogen (secondary N) is 1. The topological polar surface area (TPSA) is 29.1 Å². The van der Waals surface area contributed by atoms with Crippen molar-refractivity contribution in [3.8, 4) is 0 Å². The SMILES string of the molecule is CCC=C(C)C(=O)NCCc1cccs1. The summed E-state index contributed by atoms with van der Waals surface area (Å²) in [5.74, 6) is 0.0495. The van der Waals surface area contributed by atoms with Gasteiger partial charge in [-0.05, 0) is 31.2 Å². The lowest BCUT2D eigenvalue weighted by Gasteiger charge is -2.03. The van der Waals surface area contributed by atoms with Crippen LogP contribution in [0.2, 0.25) is 0 Å². The Hall–Kier alpha value is -1.09. The summed E-state index contributed by atoms with van der Waals surface area (Å²) in [5.41, 5.74) is 0.809. The average molecular weight is 223 g/mol. The van der Waals surface area contributed by atoms with E-state index in [0.29, 0.717) is 6.54 Å². The molecule has 1 amide bonds. The van der Waals surface area contributed by atoms with E-state index in [4.69, 9.17) is 0 Å². The molecule has 15 heavy (non-hydrogen) atoms. The highest BCUT2D eigenvalue weighted by Crippen LogP contribution is 2.08. The standard InChI is InChI=1S/C12H17NOS/c1-3-5-10(2)12(14)13-8-7-11-6-4-9-15-11/h4-6,9H,3,7-8H2,1-2H3,(H,13,14). The van der Waals surface area contributed by atoms with E-state index >= 15 is 0 Å². The highest BCUT2D eigenvalue weighted by atomic mass is 32.1. The summed E-state index contributed by atoms with van der Waals surface area (Å²) in [6.45, 7) is 4.60. The average Bonchev–Trinajstić information content (AvgIpc) is 2.71. The minimum atomic E-state index is 0.0495. The van der Waals surface area contributed by atoms with Crippen molar-refractivity contribution in [2.75, 3.05) is 6.54 Å². The smallest absolute Gasteiger partial charge is 0.246 e. The zero-order chi connectivity index (χ0) is 11.1. The first-order valence-corrected chi connectivity index (χ1v) is 6.09. The molecule has 0 bridgehead atoms. The Morgan fingerprint density at radius 1 is 1.60 bits per heavy atom.